The van der Waals surface area contributed by atoms with Crippen LogP contribution in [0.5, 0.6) is 0 Å². The molecule has 2 aromatic carbocycles. The summed E-state index contributed by atoms with van der Waals surface area (Å²) in [6.45, 7) is 4.74. The quantitative estimate of drug-likeness (QED) is 0.426. The smallest absolute Gasteiger partial charge is 0.230 e. The topological polar surface area (TPSA) is 64.7 Å². The zero-order valence-corrected chi connectivity index (χ0v) is 18.5. The summed E-state index contributed by atoms with van der Waals surface area (Å²) < 4.78 is 3.87. The average molecular weight is 432 g/mol. The molecule has 0 aliphatic heterocycles. The van der Waals surface area contributed by atoms with Gasteiger partial charge in [0.2, 0.25) is 5.91 Å². The van der Waals surface area contributed by atoms with Crippen LogP contribution in [0, 0.1) is 13.8 Å². The molecule has 7 heteroatoms. The Bertz CT molecular complexity index is 1150. The van der Waals surface area contributed by atoms with Crippen LogP contribution in [0.2, 0.25) is 0 Å². The molecule has 2 aromatic heterocycles. The second-order valence-electron chi connectivity index (χ2n) is 7.44. The van der Waals surface area contributed by atoms with Crippen molar-refractivity contribution in [1.29, 1.82) is 0 Å². The Morgan fingerprint density at radius 3 is 2.61 bits per heavy atom. The zero-order valence-electron chi connectivity index (χ0n) is 17.7. The third-order valence-electron chi connectivity index (χ3n) is 4.82. The van der Waals surface area contributed by atoms with Crippen LogP contribution in [-0.2, 0) is 11.2 Å². The molecular weight excluding hydrogens is 406 g/mol. The lowest BCUT2D eigenvalue weighted by atomic mass is 10.1. The number of benzene rings is 2. The van der Waals surface area contributed by atoms with E-state index in [9.17, 15) is 4.79 Å². The normalized spacial score (nSPS) is 10.9. The van der Waals surface area contributed by atoms with Crippen LogP contribution in [0.1, 0.15) is 16.7 Å². The molecular formula is C24H25N5OS. The molecule has 0 saturated carbocycles. The van der Waals surface area contributed by atoms with Crippen molar-refractivity contribution in [3.8, 4) is 11.4 Å². The van der Waals surface area contributed by atoms with E-state index in [-0.39, 0.29) is 5.91 Å². The second-order valence-corrected chi connectivity index (χ2v) is 8.39. The summed E-state index contributed by atoms with van der Waals surface area (Å²) in [6.07, 6.45) is 8.27. The van der Waals surface area contributed by atoms with E-state index in [1.165, 1.54) is 22.9 Å². The van der Waals surface area contributed by atoms with Crippen LogP contribution in [0.4, 0.5) is 0 Å². The van der Waals surface area contributed by atoms with Gasteiger partial charge in [-0.1, -0.05) is 36.0 Å². The third kappa shape index (κ3) is 5.44. The first-order valence-electron chi connectivity index (χ1n) is 10.2. The third-order valence-corrected chi connectivity index (χ3v) is 5.78. The lowest BCUT2D eigenvalue weighted by Crippen LogP contribution is -2.27. The molecule has 31 heavy (non-hydrogen) atoms. The van der Waals surface area contributed by atoms with Gasteiger partial charge >= 0.3 is 0 Å². The molecule has 0 aliphatic rings. The van der Waals surface area contributed by atoms with Crippen LogP contribution in [0.15, 0.2) is 78.5 Å². The first kappa shape index (κ1) is 20.9. The molecule has 0 fully saturated rings. The van der Waals surface area contributed by atoms with E-state index in [0.29, 0.717) is 12.3 Å². The Morgan fingerprint density at radius 1 is 1.06 bits per heavy atom. The van der Waals surface area contributed by atoms with Gasteiger partial charge < -0.3 is 5.32 Å². The fraction of sp³-hybridized carbons (Fsp3) is 0.208. The van der Waals surface area contributed by atoms with Gasteiger partial charge in [0.05, 0.1) is 17.6 Å². The summed E-state index contributed by atoms with van der Waals surface area (Å²) in [7, 11) is 0. The van der Waals surface area contributed by atoms with E-state index < -0.39 is 0 Å². The number of rotatable bonds is 8. The highest BCUT2D eigenvalue weighted by atomic mass is 32.2. The van der Waals surface area contributed by atoms with Gasteiger partial charge in [0.1, 0.15) is 0 Å². The van der Waals surface area contributed by atoms with Gasteiger partial charge in [0.15, 0.2) is 5.16 Å². The van der Waals surface area contributed by atoms with Gasteiger partial charge in [0.25, 0.3) is 0 Å². The zero-order chi connectivity index (χ0) is 21.6. The first-order valence-corrected chi connectivity index (χ1v) is 11.2. The molecule has 1 N–H and O–H groups in total. The van der Waals surface area contributed by atoms with Gasteiger partial charge in [-0.3, -0.25) is 9.36 Å². The van der Waals surface area contributed by atoms with Crippen molar-refractivity contribution in [3.05, 3.63) is 90.0 Å². The average Bonchev–Trinajstić information content (AvgIpc) is 3.42. The van der Waals surface area contributed by atoms with Crippen molar-refractivity contribution in [2.45, 2.75) is 25.4 Å². The molecule has 0 aliphatic carbocycles. The van der Waals surface area contributed by atoms with Crippen molar-refractivity contribution in [1.82, 2.24) is 24.6 Å². The number of thioether (sulfide) groups is 1. The number of nitrogens with zero attached hydrogens (tertiary/aromatic N) is 4. The van der Waals surface area contributed by atoms with E-state index >= 15 is 0 Å². The predicted octanol–water partition coefficient (Wildman–Crippen LogP) is 4.13. The Hall–Kier alpha value is -3.32. The molecule has 1 amide bonds. The fourth-order valence-corrected chi connectivity index (χ4v) is 4.22. The van der Waals surface area contributed by atoms with Gasteiger partial charge in [-0.25, -0.2) is 9.67 Å². The Labute approximate surface area is 186 Å². The molecule has 4 aromatic rings. The van der Waals surface area contributed by atoms with E-state index in [4.69, 9.17) is 0 Å². The van der Waals surface area contributed by atoms with Gasteiger partial charge in [-0.2, -0.15) is 5.10 Å². The Morgan fingerprint density at radius 2 is 1.84 bits per heavy atom. The van der Waals surface area contributed by atoms with Crippen molar-refractivity contribution < 1.29 is 4.79 Å². The number of imidazole rings is 1. The van der Waals surface area contributed by atoms with Crippen LogP contribution < -0.4 is 5.32 Å². The minimum Gasteiger partial charge on any atom is -0.355 e. The second kappa shape index (κ2) is 9.66. The molecule has 0 spiro atoms. The van der Waals surface area contributed by atoms with Crippen molar-refractivity contribution >= 4 is 17.7 Å². The maximum absolute atomic E-state index is 12.3. The monoisotopic (exact) mass is 431 g/mol. The maximum Gasteiger partial charge on any atom is 0.230 e. The maximum atomic E-state index is 12.3. The minimum atomic E-state index is -0.00424. The summed E-state index contributed by atoms with van der Waals surface area (Å²) in [6, 6.07) is 16.4. The van der Waals surface area contributed by atoms with Crippen molar-refractivity contribution in [2.75, 3.05) is 12.3 Å². The molecule has 0 unspecified atom stereocenters. The number of amides is 1. The number of aromatic nitrogens is 4. The summed E-state index contributed by atoms with van der Waals surface area (Å²) >= 11 is 1.44. The van der Waals surface area contributed by atoms with Gasteiger partial charge in [-0.05, 0) is 61.2 Å². The van der Waals surface area contributed by atoms with E-state index in [1.807, 2.05) is 58.2 Å². The van der Waals surface area contributed by atoms with Crippen LogP contribution in [0.25, 0.3) is 11.4 Å². The number of carbonyl (C=O) groups excluding carboxylic acids is 1. The highest BCUT2D eigenvalue weighted by Crippen LogP contribution is 2.22. The van der Waals surface area contributed by atoms with Crippen LogP contribution in [-0.4, -0.2) is 37.5 Å². The summed E-state index contributed by atoms with van der Waals surface area (Å²) in [5.74, 6) is 0.320. The molecule has 6 nitrogen and oxygen atoms in total. The van der Waals surface area contributed by atoms with Crippen LogP contribution >= 0.6 is 11.8 Å². The van der Waals surface area contributed by atoms with E-state index in [2.05, 4.69) is 47.4 Å². The van der Waals surface area contributed by atoms with E-state index in [1.54, 1.807) is 6.20 Å². The van der Waals surface area contributed by atoms with Gasteiger partial charge in [0, 0.05) is 30.8 Å². The summed E-state index contributed by atoms with van der Waals surface area (Å²) in [4.78, 5) is 16.7. The lowest BCUT2D eigenvalue weighted by molar-refractivity contribution is -0.118. The number of nitrogens with one attached hydrogen (secondary N) is 1. The Balaban J connectivity index is 1.27. The highest BCUT2D eigenvalue weighted by molar-refractivity contribution is 7.99. The highest BCUT2D eigenvalue weighted by Gasteiger charge is 2.10. The molecule has 158 valence electrons. The lowest BCUT2D eigenvalue weighted by Gasteiger charge is -2.10. The molecule has 0 bridgehead atoms. The largest absolute Gasteiger partial charge is 0.355 e. The van der Waals surface area contributed by atoms with Crippen LogP contribution in [0.3, 0.4) is 0 Å². The number of para-hydroxylation sites is 1. The summed E-state index contributed by atoms with van der Waals surface area (Å²) in [5.41, 5.74) is 5.57. The number of hydrogen-bond donors (Lipinski definition) is 1. The van der Waals surface area contributed by atoms with Crippen molar-refractivity contribution in [3.63, 3.8) is 0 Å². The molecule has 0 atom stereocenters. The molecule has 0 saturated heterocycles. The van der Waals surface area contributed by atoms with E-state index in [0.717, 1.165) is 28.5 Å². The van der Waals surface area contributed by atoms with Crippen molar-refractivity contribution in [2.24, 2.45) is 0 Å². The molecule has 0 radical (unpaired) electrons. The standard InChI is InChI=1S/C24H25N5OS/c1-18-12-19(2)14-22(13-18)28-11-10-26-24(28)31-17-23(30)25-9-8-20-15-27-29(16-20)21-6-4-3-5-7-21/h3-7,10-16H,8-9,17H2,1-2H3,(H,25,30). The first-order chi connectivity index (χ1) is 15.1. The number of carbonyl (C=O) groups is 1. The van der Waals surface area contributed by atoms with Gasteiger partial charge in [-0.15, -0.1) is 0 Å². The summed E-state index contributed by atoms with van der Waals surface area (Å²) in [5, 5.41) is 8.19. The molecule has 4 rings (SSSR count). The SMILES string of the molecule is Cc1cc(C)cc(-n2ccnc2SCC(=O)NCCc2cnn(-c3ccccc3)c2)c1. The number of aryl methyl sites for hydroxylation is 2. The number of hydrogen-bond acceptors (Lipinski definition) is 4. The predicted molar refractivity (Wildman–Crippen MR) is 124 cm³/mol. The fourth-order valence-electron chi connectivity index (χ4n) is 3.42. The molecule has 2 heterocycles. The minimum absolute atomic E-state index is 0.00424. The Kier molecular flexibility index (Phi) is 6.52.